The minimum atomic E-state index is -3.95. The van der Waals surface area contributed by atoms with Crippen molar-refractivity contribution in [3.05, 3.63) is 108 Å². The van der Waals surface area contributed by atoms with Gasteiger partial charge in [-0.2, -0.15) is 0 Å². The van der Waals surface area contributed by atoms with E-state index in [1.54, 1.807) is 36.4 Å². The second-order valence-electron chi connectivity index (χ2n) is 8.65. The van der Waals surface area contributed by atoms with Crippen LogP contribution in [0.25, 0.3) is 10.8 Å². The van der Waals surface area contributed by atoms with Crippen LogP contribution in [-0.2, 0) is 19.6 Å². The maximum Gasteiger partial charge on any atom is 0.267 e. The molecule has 0 radical (unpaired) electrons. The van der Waals surface area contributed by atoms with E-state index in [4.69, 9.17) is 16.3 Å². The van der Waals surface area contributed by atoms with E-state index in [1.165, 1.54) is 4.31 Å². The number of aryl methyl sites for hydroxylation is 1. The van der Waals surface area contributed by atoms with E-state index in [2.05, 4.69) is 4.99 Å². The molecule has 2 aliphatic rings. The van der Waals surface area contributed by atoms with Gasteiger partial charge in [-0.1, -0.05) is 66.2 Å². The number of nitrogens with zero attached hydrogens (tertiary/aromatic N) is 2. The van der Waals surface area contributed by atoms with Crippen LogP contribution in [0.3, 0.4) is 0 Å². The largest absolute Gasteiger partial charge is 0.450 e. The fourth-order valence-electron chi connectivity index (χ4n) is 4.66. The molecule has 0 saturated heterocycles. The molecule has 4 aromatic rings. The van der Waals surface area contributed by atoms with Crippen LogP contribution in [0.1, 0.15) is 16.7 Å². The Hall–Kier alpha value is -3.35. The Balaban J connectivity index is 1.47. The summed E-state index contributed by atoms with van der Waals surface area (Å²) in [6, 6.07) is 28.0. The van der Waals surface area contributed by atoms with E-state index in [1.807, 2.05) is 61.5 Å². The number of fused-ring (bicyclic) bond motifs is 4. The summed E-state index contributed by atoms with van der Waals surface area (Å²) < 4.78 is 35.4. The number of ether oxygens (including phenoxy) is 1. The van der Waals surface area contributed by atoms with Crippen LogP contribution in [-0.4, -0.2) is 27.1 Å². The van der Waals surface area contributed by atoms with Gasteiger partial charge in [0.15, 0.2) is 0 Å². The van der Waals surface area contributed by atoms with Gasteiger partial charge in [0.2, 0.25) is 12.1 Å². The van der Waals surface area contributed by atoms with Crippen molar-refractivity contribution in [1.29, 1.82) is 0 Å². The molecular formula is C27H21ClN2O3S. The lowest BCUT2D eigenvalue weighted by Crippen LogP contribution is -2.51. The van der Waals surface area contributed by atoms with Gasteiger partial charge in [-0.25, -0.2) is 17.7 Å². The van der Waals surface area contributed by atoms with Gasteiger partial charge in [-0.15, -0.1) is 11.6 Å². The molecule has 0 aliphatic carbocycles. The van der Waals surface area contributed by atoms with Gasteiger partial charge < -0.3 is 4.74 Å². The molecular weight excluding hydrogens is 468 g/mol. The molecule has 2 atom stereocenters. The Morgan fingerprint density at radius 2 is 1.65 bits per heavy atom. The molecule has 2 aliphatic heterocycles. The molecule has 0 unspecified atom stereocenters. The number of anilines is 1. The highest BCUT2D eigenvalue weighted by molar-refractivity contribution is 7.92. The number of hydrogen-bond donors (Lipinski definition) is 0. The van der Waals surface area contributed by atoms with E-state index >= 15 is 0 Å². The summed E-state index contributed by atoms with van der Waals surface area (Å²) in [5.74, 6) is 0.379. The topological polar surface area (TPSA) is 59.0 Å². The van der Waals surface area contributed by atoms with Crippen molar-refractivity contribution < 1.29 is 13.2 Å². The second kappa shape index (κ2) is 7.58. The van der Waals surface area contributed by atoms with Crippen molar-refractivity contribution >= 4 is 44.0 Å². The molecule has 6 rings (SSSR count). The number of alkyl halides is 1. The standard InChI is InChI=1S/C27H21ClN2O3S/c1-18-10-14-22(15-11-18)34(31,32)30-24-9-5-4-8-23(24)27(28)17-29-25(33-26(27)30)21-13-12-19-6-2-3-7-20(19)16-21/h2-16,26H,17H2,1H3/t26-,27+/m0/s1. The quantitative estimate of drug-likeness (QED) is 0.353. The lowest BCUT2D eigenvalue weighted by atomic mass is 9.98. The number of benzene rings is 4. The molecule has 0 bridgehead atoms. The summed E-state index contributed by atoms with van der Waals surface area (Å²) in [7, 11) is -3.95. The first-order valence-corrected chi connectivity index (χ1v) is 12.8. The second-order valence-corrected chi connectivity index (χ2v) is 11.1. The molecule has 34 heavy (non-hydrogen) atoms. The van der Waals surface area contributed by atoms with Crippen molar-refractivity contribution in [3.63, 3.8) is 0 Å². The fourth-order valence-corrected chi connectivity index (χ4v) is 6.68. The van der Waals surface area contributed by atoms with Gasteiger partial charge in [0, 0.05) is 11.1 Å². The first-order valence-electron chi connectivity index (χ1n) is 11.0. The Morgan fingerprint density at radius 1 is 0.941 bits per heavy atom. The highest BCUT2D eigenvalue weighted by Crippen LogP contribution is 2.52. The maximum atomic E-state index is 13.9. The van der Waals surface area contributed by atoms with Crippen molar-refractivity contribution in [1.82, 2.24) is 0 Å². The number of sulfonamides is 1. The monoisotopic (exact) mass is 488 g/mol. The Morgan fingerprint density at radius 3 is 2.44 bits per heavy atom. The molecule has 0 saturated carbocycles. The highest BCUT2D eigenvalue weighted by Gasteiger charge is 2.58. The zero-order valence-corrected chi connectivity index (χ0v) is 19.9. The van der Waals surface area contributed by atoms with Crippen molar-refractivity contribution in [3.8, 4) is 0 Å². The van der Waals surface area contributed by atoms with Crippen LogP contribution in [0.15, 0.2) is 101 Å². The van der Waals surface area contributed by atoms with Gasteiger partial charge in [0.1, 0.15) is 4.87 Å². The average Bonchev–Trinajstić information content (AvgIpc) is 3.12. The van der Waals surface area contributed by atoms with Crippen LogP contribution >= 0.6 is 11.6 Å². The predicted octanol–water partition coefficient (Wildman–Crippen LogP) is 5.59. The molecule has 2 heterocycles. The summed E-state index contributed by atoms with van der Waals surface area (Å²) in [4.78, 5) is 3.72. The number of hydrogen-bond acceptors (Lipinski definition) is 4. The molecule has 170 valence electrons. The minimum absolute atomic E-state index is 0.187. The van der Waals surface area contributed by atoms with Crippen LogP contribution < -0.4 is 4.31 Å². The first kappa shape index (κ1) is 21.2. The smallest absolute Gasteiger partial charge is 0.267 e. The third-order valence-corrected chi connectivity index (χ3v) is 8.73. The van der Waals surface area contributed by atoms with Gasteiger partial charge in [0.25, 0.3) is 10.0 Å². The van der Waals surface area contributed by atoms with Gasteiger partial charge >= 0.3 is 0 Å². The van der Waals surface area contributed by atoms with E-state index in [0.29, 0.717) is 17.1 Å². The van der Waals surface area contributed by atoms with Gasteiger partial charge in [-0.3, -0.25) is 0 Å². The van der Waals surface area contributed by atoms with Crippen LogP contribution in [0, 0.1) is 6.92 Å². The number of rotatable bonds is 3. The molecule has 0 N–H and O–H groups in total. The highest BCUT2D eigenvalue weighted by atomic mass is 35.5. The summed E-state index contributed by atoms with van der Waals surface area (Å²) in [6.45, 7) is 2.11. The minimum Gasteiger partial charge on any atom is -0.450 e. The number of halogens is 1. The summed E-state index contributed by atoms with van der Waals surface area (Å²) in [5.41, 5.74) is 2.96. The van der Waals surface area contributed by atoms with Crippen LogP contribution in [0.4, 0.5) is 5.69 Å². The molecule has 0 amide bonds. The average molecular weight is 489 g/mol. The summed E-state index contributed by atoms with van der Waals surface area (Å²) in [5, 5.41) is 2.15. The van der Waals surface area contributed by atoms with Crippen LogP contribution in [0.5, 0.6) is 0 Å². The Labute approximate surface area is 203 Å². The Bertz CT molecular complexity index is 1570. The van der Waals surface area contributed by atoms with E-state index in [9.17, 15) is 8.42 Å². The predicted molar refractivity (Wildman–Crippen MR) is 135 cm³/mol. The lowest BCUT2D eigenvalue weighted by Gasteiger charge is -2.36. The molecule has 0 spiro atoms. The van der Waals surface area contributed by atoms with Gasteiger partial charge in [0.05, 0.1) is 17.1 Å². The maximum absolute atomic E-state index is 13.9. The third-order valence-electron chi connectivity index (χ3n) is 6.44. The third kappa shape index (κ3) is 3.13. The number of aliphatic imine (C=N–C) groups is 1. The summed E-state index contributed by atoms with van der Waals surface area (Å²) in [6.07, 6.45) is -0.975. The lowest BCUT2D eigenvalue weighted by molar-refractivity contribution is 0.147. The number of para-hydroxylation sites is 1. The van der Waals surface area contributed by atoms with Crippen molar-refractivity contribution in [2.75, 3.05) is 10.8 Å². The molecule has 4 aromatic carbocycles. The van der Waals surface area contributed by atoms with E-state index in [0.717, 1.165) is 21.9 Å². The zero-order valence-electron chi connectivity index (χ0n) is 18.4. The molecule has 7 heteroatoms. The van der Waals surface area contributed by atoms with Crippen LogP contribution in [0.2, 0.25) is 0 Å². The van der Waals surface area contributed by atoms with Crippen molar-refractivity contribution in [2.24, 2.45) is 4.99 Å². The normalized spacial score (nSPS) is 21.5. The Kier molecular flexibility index (Phi) is 4.73. The van der Waals surface area contributed by atoms with Crippen molar-refractivity contribution in [2.45, 2.75) is 22.9 Å². The SMILES string of the molecule is Cc1ccc(S(=O)(=O)N2c3ccccc3[C@]3(Cl)CN=C(c4ccc5ccccc5c4)O[C@H]23)cc1. The van der Waals surface area contributed by atoms with E-state index in [-0.39, 0.29) is 11.4 Å². The molecule has 0 fully saturated rings. The van der Waals surface area contributed by atoms with E-state index < -0.39 is 21.1 Å². The first-order chi connectivity index (χ1) is 16.4. The zero-order chi connectivity index (χ0) is 23.5. The molecule has 0 aromatic heterocycles. The molecule has 5 nitrogen and oxygen atoms in total. The fraction of sp³-hybridized carbons (Fsp3) is 0.148. The summed E-state index contributed by atoms with van der Waals surface area (Å²) >= 11 is 7.13. The van der Waals surface area contributed by atoms with Gasteiger partial charge in [-0.05, 0) is 48.0 Å².